The molecule has 2 heteroatoms. The minimum atomic E-state index is 0.0925. The van der Waals surface area contributed by atoms with Gasteiger partial charge >= 0.3 is 0 Å². The molecule has 1 N–H and O–H groups in total. The van der Waals surface area contributed by atoms with E-state index in [2.05, 4.69) is 12.1 Å². The van der Waals surface area contributed by atoms with Crippen LogP contribution in [0.1, 0.15) is 24.5 Å². The van der Waals surface area contributed by atoms with E-state index in [0.29, 0.717) is 0 Å². The van der Waals surface area contributed by atoms with E-state index in [9.17, 15) is 5.11 Å². The predicted molar refractivity (Wildman–Crippen MR) is 54.9 cm³/mol. The third kappa shape index (κ3) is 1.97. The molecular formula is C12H16O2. The van der Waals surface area contributed by atoms with Gasteiger partial charge in [0.25, 0.3) is 0 Å². The van der Waals surface area contributed by atoms with Gasteiger partial charge in [-0.15, -0.1) is 0 Å². The molecule has 1 fully saturated rings. The highest BCUT2D eigenvalue weighted by Crippen LogP contribution is 2.32. The van der Waals surface area contributed by atoms with Gasteiger partial charge in [0.2, 0.25) is 0 Å². The van der Waals surface area contributed by atoms with Crippen LogP contribution in [0.15, 0.2) is 30.3 Å². The van der Waals surface area contributed by atoms with Crippen LogP contribution in [0.3, 0.4) is 0 Å². The lowest BCUT2D eigenvalue weighted by molar-refractivity contribution is -0.0457. The topological polar surface area (TPSA) is 29.5 Å². The molecule has 2 nitrogen and oxygen atoms in total. The van der Waals surface area contributed by atoms with Gasteiger partial charge in [-0.1, -0.05) is 30.3 Å². The van der Waals surface area contributed by atoms with E-state index in [1.165, 1.54) is 5.56 Å². The summed E-state index contributed by atoms with van der Waals surface area (Å²) < 4.78 is 5.71. The molecule has 1 saturated heterocycles. The lowest BCUT2D eigenvalue weighted by Gasteiger charge is -2.30. The molecular weight excluding hydrogens is 176 g/mol. The molecule has 0 saturated carbocycles. The van der Waals surface area contributed by atoms with E-state index < -0.39 is 0 Å². The summed E-state index contributed by atoms with van der Waals surface area (Å²) in [4.78, 5) is 0. The number of benzene rings is 1. The Morgan fingerprint density at radius 3 is 2.79 bits per heavy atom. The van der Waals surface area contributed by atoms with Gasteiger partial charge in [0.15, 0.2) is 0 Å². The fourth-order valence-electron chi connectivity index (χ4n) is 2.04. The molecule has 1 aromatic carbocycles. The van der Waals surface area contributed by atoms with Crippen LogP contribution in [0.4, 0.5) is 0 Å². The van der Waals surface area contributed by atoms with E-state index >= 15 is 0 Å². The van der Waals surface area contributed by atoms with Crippen LogP contribution in [-0.4, -0.2) is 18.3 Å². The Balaban J connectivity index is 2.15. The van der Waals surface area contributed by atoms with Gasteiger partial charge in [-0.3, -0.25) is 0 Å². The van der Waals surface area contributed by atoms with Gasteiger partial charge in [-0.05, 0) is 18.4 Å². The minimum Gasteiger partial charge on any atom is -0.396 e. The Morgan fingerprint density at radius 2 is 2.07 bits per heavy atom. The zero-order valence-electron chi connectivity index (χ0n) is 8.23. The Kier molecular flexibility index (Phi) is 3.17. The quantitative estimate of drug-likeness (QED) is 0.778. The van der Waals surface area contributed by atoms with Gasteiger partial charge in [0, 0.05) is 19.1 Å². The van der Waals surface area contributed by atoms with Crippen molar-refractivity contribution in [2.75, 3.05) is 13.2 Å². The smallest absolute Gasteiger partial charge is 0.0874 e. The van der Waals surface area contributed by atoms with Crippen molar-refractivity contribution in [3.05, 3.63) is 35.9 Å². The molecule has 1 aliphatic heterocycles. The summed E-state index contributed by atoms with van der Waals surface area (Å²) in [5.74, 6) is 0.270. The standard InChI is InChI=1S/C12H16O2/c13-9-11-7-4-8-14-12(11)10-5-2-1-3-6-10/h1-3,5-6,11-13H,4,7-9H2. The van der Waals surface area contributed by atoms with Crippen molar-refractivity contribution in [2.45, 2.75) is 18.9 Å². The third-order valence-corrected chi connectivity index (χ3v) is 2.81. The third-order valence-electron chi connectivity index (χ3n) is 2.81. The molecule has 0 aliphatic carbocycles. The van der Waals surface area contributed by atoms with Crippen LogP contribution < -0.4 is 0 Å². The highest BCUT2D eigenvalue weighted by Gasteiger charge is 2.26. The number of rotatable bonds is 2. The van der Waals surface area contributed by atoms with Crippen molar-refractivity contribution in [1.29, 1.82) is 0 Å². The first-order valence-corrected chi connectivity index (χ1v) is 5.19. The monoisotopic (exact) mass is 192 g/mol. The second-order valence-corrected chi connectivity index (χ2v) is 3.79. The zero-order chi connectivity index (χ0) is 9.80. The Bertz CT molecular complexity index is 271. The second kappa shape index (κ2) is 4.58. The molecule has 1 heterocycles. The van der Waals surface area contributed by atoms with Gasteiger partial charge in [-0.2, -0.15) is 0 Å². The van der Waals surface area contributed by atoms with Crippen LogP contribution in [-0.2, 0) is 4.74 Å². The first kappa shape index (κ1) is 9.69. The summed E-state index contributed by atoms with van der Waals surface area (Å²) >= 11 is 0. The van der Waals surface area contributed by atoms with Crippen molar-refractivity contribution in [3.8, 4) is 0 Å². The maximum absolute atomic E-state index is 9.24. The van der Waals surface area contributed by atoms with Crippen molar-refractivity contribution in [1.82, 2.24) is 0 Å². The van der Waals surface area contributed by atoms with Gasteiger partial charge in [0.1, 0.15) is 0 Å². The molecule has 76 valence electrons. The SMILES string of the molecule is OCC1CCCOC1c1ccccc1. The molecule has 0 aromatic heterocycles. The van der Waals surface area contributed by atoms with Gasteiger partial charge in [0.05, 0.1) is 6.10 Å². The largest absolute Gasteiger partial charge is 0.396 e. The molecule has 0 amide bonds. The predicted octanol–water partition coefficient (Wildman–Crippen LogP) is 2.15. The lowest BCUT2D eigenvalue weighted by atomic mass is 9.90. The summed E-state index contributed by atoms with van der Waals surface area (Å²) in [6.45, 7) is 1.04. The van der Waals surface area contributed by atoms with Gasteiger partial charge < -0.3 is 9.84 Å². The maximum Gasteiger partial charge on any atom is 0.0874 e. The Morgan fingerprint density at radius 1 is 1.29 bits per heavy atom. The summed E-state index contributed by atoms with van der Waals surface area (Å²) in [7, 11) is 0. The number of ether oxygens (including phenoxy) is 1. The average molecular weight is 192 g/mol. The van der Waals surface area contributed by atoms with Crippen molar-refractivity contribution in [3.63, 3.8) is 0 Å². The van der Waals surface area contributed by atoms with Crippen LogP contribution in [0.25, 0.3) is 0 Å². The second-order valence-electron chi connectivity index (χ2n) is 3.79. The fourth-order valence-corrected chi connectivity index (χ4v) is 2.04. The van der Waals surface area contributed by atoms with E-state index in [4.69, 9.17) is 4.74 Å². The first-order chi connectivity index (χ1) is 6.92. The van der Waals surface area contributed by atoms with Gasteiger partial charge in [-0.25, -0.2) is 0 Å². The number of hydrogen-bond acceptors (Lipinski definition) is 2. The van der Waals surface area contributed by atoms with Crippen molar-refractivity contribution in [2.24, 2.45) is 5.92 Å². The molecule has 1 aliphatic rings. The molecule has 14 heavy (non-hydrogen) atoms. The summed E-state index contributed by atoms with van der Waals surface area (Å²) in [6.07, 6.45) is 2.22. The molecule has 2 rings (SSSR count). The van der Waals surface area contributed by atoms with Crippen LogP contribution in [0.2, 0.25) is 0 Å². The van der Waals surface area contributed by atoms with Crippen LogP contribution in [0, 0.1) is 5.92 Å². The van der Waals surface area contributed by atoms with E-state index in [-0.39, 0.29) is 18.6 Å². The Labute approximate surface area is 84.5 Å². The molecule has 1 aromatic rings. The number of hydrogen-bond donors (Lipinski definition) is 1. The van der Waals surface area contributed by atoms with Crippen molar-refractivity contribution < 1.29 is 9.84 Å². The van der Waals surface area contributed by atoms with Crippen molar-refractivity contribution >= 4 is 0 Å². The normalized spacial score (nSPS) is 27.5. The molecule has 2 unspecified atom stereocenters. The van der Waals surface area contributed by atoms with Crippen LogP contribution >= 0.6 is 0 Å². The molecule has 0 spiro atoms. The maximum atomic E-state index is 9.24. The fraction of sp³-hybridized carbons (Fsp3) is 0.500. The molecule has 0 radical (unpaired) electrons. The molecule has 2 atom stereocenters. The first-order valence-electron chi connectivity index (χ1n) is 5.19. The van der Waals surface area contributed by atoms with E-state index in [1.807, 2.05) is 18.2 Å². The zero-order valence-corrected chi connectivity index (χ0v) is 8.23. The Hall–Kier alpha value is -0.860. The number of aliphatic hydroxyl groups is 1. The summed E-state index contributed by atoms with van der Waals surface area (Å²) in [5, 5.41) is 9.24. The highest BCUT2D eigenvalue weighted by atomic mass is 16.5. The average Bonchev–Trinajstić information content (AvgIpc) is 2.30. The van der Waals surface area contributed by atoms with Crippen LogP contribution in [0.5, 0.6) is 0 Å². The van der Waals surface area contributed by atoms with E-state index in [1.54, 1.807) is 0 Å². The highest BCUT2D eigenvalue weighted by molar-refractivity contribution is 5.18. The minimum absolute atomic E-state index is 0.0925. The number of aliphatic hydroxyl groups excluding tert-OH is 1. The summed E-state index contributed by atoms with van der Waals surface area (Å²) in [6, 6.07) is 10.2. The summed E-state index contributed by atoms with van der Waals surface area (Å²) in [5.41, 5.74) is 1.19. The lowest BCUT2D eigenvalue weighted by Crippen LogP contribution is -2.25. The molecule has 0 bridgehead atoms. The van der Waals surface area contributed by atoms with E-state index in [0.717, 1.165) is 19.4 Å².